The highest BCUT2D eigenvalue weighted by Gasteiger charge is 2.49. The Hall–Kier alpha value is -1.81. The van der Waals surface area contributed by atoms with E-state index in [1.165, 1.54) is 17.6 Å². The maximum atomic E-state index is 15.8. The number of halogens is 1. The fourth-order valence-electron chi connectivity index (χ4n) is 3.81. The molecule has 1 aliphatic rings. The summed E-state index contributed by atoms with van der Waals surface area (Å²) in [5, 5.41) is 3.99. The van der Waals surface area contributed by atoms with Crippen LogP contribution >= 0.6 is 31.3 Å². The molecule has 13 nitrogen and oxygen atoms in total. The lowest BCUT2D eigenvalue weighted by molar-refractivity contribution is -0.118. The number of fused-ring (bicyclic) bond motifs is 1. The number of phosphoric ester groups is 1. The first-order valence-corrected chi connectivity index (χ1v) is 16.7. The number of nitrogens with two attached hydrogens (primary N) is 2. The third-order valence-corrected chi connectivity index (χ3v) is 9.93. The van der Waals surface area contributed by atoms with E-state index in [0.29, 0.717) is 0 Å². The van der Waals surface area contributed by atoms with Crippen LogP contribution in [0.5, 0.6) is 0 Å². The molecule has 0 saturated carbocycles. The van der Waals surface area contributed by atoms with Gasteiger partial charge >= 0.3 is 7.82 Å². The zero-order valence-electron chi connectivity index (χ0n) is 24.9. The van der Waals surface area contributed by atoms with Crippen LogP contribution in [0, 0.1) is 10.8 Å². The number of imidazole rings is 1. The second-order valence-electron chi connectivity index (χ2n) is 12.1. The van der Waals surface area contributed by atoms with Gasteiger partial charge in [0.25, 0.3) is 0 Å². The predicted molar refractivity (Wildman–Crippen MR) is 161 cm³/mol. The lowest BCUT2D eigenvalue weighted by Crippen LogP contribution is -2.24. The maximum absolute atomic E-state index is 15.8. The van der Waals surface area contributed by atoms with Gasteiger partial charge in [-0.05, 0) is 6.92 Å². The Morgan fingerprint density at radius 3 is 2.17 bits per heavy atom. The van der Waals surface area contributed by atoms with E-state index in [-0.39, 0.29) is 71.1 Å². The van der Waals surface area contributed by atoms with Crippen LogP contribution in [0.4, 0.5) is 16.2 Å². The van der Waals surface area contributed by atoms with Crippen LogP contribution in [0.1, 0.15) is 66.7 Å². The molecule has 0 unspecified atom stereocenters. The first kappa shape index (κ1) is 34.7. The maximum Gasteiger partial charge on any atom is 0.474 e. The molecule has 17 heteroatoms. The highest BCUT2D eigenvalue weighted by Crippen LogP contribution is 2.51. The van der Waals surface area contributed by atoms with E-state index in [1.54, 1.807) is 41.5 Å². The zero-order chi connectivity index (χ0) is 31.5. The van der Waals surface area contributed by atoms with E-state index in [1.807, 2.05) is 0 Å². The van der Waals surface area contributed by atoms with E-state index < -0.39 is 36.5 Å². The first-order chi connectivity index (χ1) is 19.3. The molecular weight excluding hydrogens is 610 g/mol. The van der Waals surface area contributed by atoms with Gasteiger partial charge < -0.3 is 16.2 Å². The summed E-state index contributed by atoms with van der Waals surface area (Å²) < 4.78 is 53.1. The van der Waals surface area contributed by atoms with Crippen molar-refractivity contribution in [1.29, 1.82) is 0 Å². The van der Waals surface area contributed by atoms with Gasteiger partial charge in [-0.15, -0.1) is 5.10 Å². The Bertz CT molecular complexity index is 1290. The number of ether oxygens (including phenoxy) is 1. The number of carbonyl (C=O) groups is 2. The van der Waals surface area contributed by atoms with Gasteiger partial charge in [-0.25, -0.2) is 18.5 Å². The summed E-state index contributed by atoms with van der Waals surface area (Å²) in [6.45, 7) is 11.6. The molecule has 3 rings (SSSR count). The summed E-state index contributed by atoms with van der Waals surface area (Å²) in [5.74, 6) is 0.360. The summed E-state index contributed by atoms with van der Waals surface area (Å²) in [5.41, 5.74) is 9.09. The number of thioether (sulfide) groups is 2. The number of alkyl halides is 1. The molecule has 0 bridgehead atoms. The summed E-state index contributed by atoms with van der Waals surface area (Å²) >= 11 is 2.10. The fraction of sp³-hybridized carbons (Fsp3) is 0.720. The third-order valence-electron chi connectivity index (χ3n) is 5.98. The van der Waals surface area contributed by atoms with Gasteiger partial charge in [0, 0.05) is 28.8 Å². The zero-order valence-corrected chi connectivity index (χ0v) is 27.4. The number of phosphoric acid groups is 1. The lowest BCUT2D eigenvalue weighted by atomic mass is 9.96. The summed E-state index contributed by atoms with van der Waals surface area (Å²) in [6.07, 6.45) is -0.667. The van der Waals surface area contributed by atoms with E-state index >= 15 is 4.39 Å². The van der Waals surface area contributed by atoms with Gasteiger partial charge in [-0.1, -0.05) is 65.1 Å². The van der Waals surface area contributed by atoms with Crippen LogP contribution in [-0.4, -0.2) is 72.9 Å². The minimum Gasteiger partial charge on any atom is -0.380 e. The van der Waals surface area contributed by atoms with Crippen LogP contribution in [0.3, 0.4) is 0 Å². The summed E-state index contributed by atoms with van der Waals surface area (Å²) in [4.78, 5) is 32.4. The van der Waals surface area contributed by atoms with E-state index in [2.05, 4.69) is 15.1 Å². The van der Waals surface area contributed by atoms with E-state index in [4.69, 9.17) is 29.8 Å². The van der Waals surface area contributed by atoms with Crippen LogP contribution < -0.4 is 11.5 Å². The number of nitrogen functional groups attached to an aromatic ring is 2. The molecule has 0 amide bonds. The van der Waals surface area contributed by atoms with Crippen molar-refractivity contribution >= 4 is 59.0 Å². The Kier molecular flexibility index (Phi) is 11.1. The Labute approximate surface area is 253 Å². The molecule has 0 radical (unpaired) electrons. The number of anilines is 2. The van der Waals surface area contributed by atoms with Gasteiger partial charge in [-0.3, -0.25) is 23.2 Å². The molecule has 3 atom stereocenters. The molecule has 0 spiro atoms. The number of carbonyl (C=O) groups excluding carboxylic acids is 2. The van der Waals surface area contributed by atoms with Crippen molar-refractivity contribution < 1.29 is 36.9 Å². The Balaban J connectivity index is 1.66. The largest absolute Gasteiger partial charge is 0.474 e. The van der Waals surface area contributed by atoms with Gasteiger partial charge in [-0.2, -0.15) is 4.98 Å². The number of nitrogens with zero attached hydrogens (tertiary/aromatic N) is 4. The molecule has 1 aliphatic heterocycles. The second kappa shape index (κ2) is 13.4. The number of hydrogen-bond acceptors (Lipinski definition) is 14. The summed E-state index contributed by atoms with van der Waals surface area (Å²) in [7, 11) is -4.17. The lowest BCUT2D eigenvalue weighted by Gasteiger charge is -2.21. The molecule has 4 N–H and O–H groups in total. The van der Waals surface area contributed by atoms with Crippen LogP contribution in [0.2, 0.25) is 0 Å². The standard InChI is InChI=1S/C25H40FN6O7PS2/c1-23(2,3)20(33)41-10-8-36-40(35,37-9-11-42-21(34)24(4,5)6)38-14-15-12-25(7,26)17(39-15)16-13-29-19-18(27)30-22(28)31-32(16)19/h13,15,17H,8-12,14H2,1-7H3,(H4,27,28,30,31)/t15-,17-,25+/m0/s1. The van der Waals surface area contributed by atoms with E-state index in [0.717, 1.165) is 23.5 Å². The second-order valence-corrected chi connectivity index (χ2v) is 15.9. The van der Waals surface area contributed by atoms with Crippen molar-refractivity contribution in [2.24, 2.45) is 10.8 Å². The number of aromatic nitrogens is 4. The SMILES string of the molecule is CC(C)(C)C(=O)SCCOP(=O)(OCCSC(=O)C(C)(C)C)OC[C@@H]1C[C@@](C)(F)[C@H](c2cnc3c(N)nc(N)nn23)O1. The average molecular weight is 651 g/mol. The van der Waals surface area contributed by atoms with Gasteiger partial charge in [0.05, 0.1) is 37.8 Å². The van der Waals surface area contributed by atoms with Crippen molar-refractivity contribution in [2.75, 3.05) is 42.8 Å². The monoisotopic (exact) mass is 650 g/mol. The minimum absolute atomic E-state index is 0.0344. The van der Waals surface area contributed by atoms with Crippen LogP contribution in [0.15, 0.2) is 6.20 Å². The molecule has 236 valence electrons. The van der Waals surface area contributed by atoms with E-state index in [9.17, 15) is 14.2 Å². The Morgan fingerprint density at radius 2 is 1.64 bits per heavy atom. The molecule has 2 aromatic heterocycles. The molecule has 1 fully saturated rings. The van der Waals surface area contributed by atoms with Crippen LogP contribution in [0.25, 0.3) is 5.65 Å². The molecule has 0 aliphatic carbocycles. The molecule has 0 aromatic carbocycles. The normalized spacial score (nSPS) is 21.7. The number of rotatable bonds is 12. The first-order valence-electron chi connectivity index (χ1n) is 13.3. The van der Waals surface area contributed by atoms with Gasteiger partial charge in [0.15, 0.2) is 21.7 Å². The average Bonchev–Trinajstić information content (AvgIpc) is 3.41. The smallest absolute Gasteiger partial charge is 0.380 e. The van der Waals surface area contributed by atoms with Crippen molar-refractivity contribution in [3.8, 4) is 0 Å². The quantitative estimate of drug-likeness (QED) is 0.240. The third kappa shape index (κ3) is 9.10. The van der Waals surface area contributed by atoms with Gasteiger partial charge in [0.1, 0.15) is 11.8 Å². The van der Waals surface area contributed by atoms with Crippen molar-refractivity contribution in [1.82, 2.24) is 19.6 Å². The van der Waals surface area contributed by atoms with Crippen LogP contribution in [-0.2, 0) is 32.5 Å². The topological polar surface area (TPSA) is 183 Å². The van der Waals surface area contributed by atoms with Crippen molar-refractivity contribution in [3.63, 3.8) is 0 Å². The predicted octanol–water partition coefficient (Wildman–Crippen LogP) is 4.62. The Morgan fingerprint density at radius 1 is 1.10 bits per heavy atom. The highest BCUT2D eigenvalue weighted by molar-refractivity contribution is 8.14. The summed E-state index contributed by atoms with van der Waals surface area (Å²) in [6, 6.07) is 0. The molecule has 2 aromatic rings. The molecular formula is C25H40FN6O7PS2. The fourth-order valence-corrected chi connectivity index (χ4v) is 6.83. The highest BCUT2D eigenvalue weighted by atomic mass is 32.2. The van der Waals surface area contributed by atoms with Crippen molar-refractivity contribution in [2.45, 2.75) is 72.8 Å². The van der Waals surface area contributed by atoms with Gasteiger partial charge in [0.2, 0.25) is 5.95 Å². The molecule has 42 heavy (non-hydrogen) atoms. The molecule has 3 heterocycles. The molecule has 1 saturated heterocycles. The number of hydrogen-bond donors (Lipinski definition) is 2. The van der Waals surface area contributed by atoms with Crippen molar-refractivity contribution in [3.05, 3.63) is 11.9 Å². The minimum atomic E-state index is -4.17.